The molecule has 1 amide bonds. The quantitative estimate of drug-likeness (QED) is 0.707. The van der Waals surface area contributed by atoms with Crippen LogP contribution in [0.3, 0.4) is 0 Å². The van der Waals surface area contributed by atoms with Crippen LogP contribution >= 0.6 is 11.6 Å². The summed E-state index contributed by atoms with van der Waals surface area (Å²) in [7, 11) is 1.53. The van der Waals surface area contributed by atoms with Gasteiger partial charge in [-0.1, -0.05) is 23.7 Å². The fraction of sp³-hybridized carbons (Fsp3) is 0.167. The highest BCUT2D eigenvalue weighted by Gasteiger charge is 2.19. The summed E-state index contributed by atoms with van der Waals surface area (Å²) in [4.78, 5) is 16.4. The van der Waals surface area contributed by atoms with E-state index in [0.717, 1.165) is 0 Å². The first-order valence-corrected chi connectivity index (χ1v) is 8.15. The first-order chi connectivity index (χ1) is 12.6. The van der Waals surface area contributed by atoms with E-state index in [1.54, 1.807) is 49.4 Å². The van der Waals surface area contributed by atoms with Gasteiger partial charge in [-0.2, -0.15) is 4.98 Å². The Labute approximate surface area is 154 Å². The number of para-hydroxylation sites is 2. The number of methoxy groups -OCH3 is 1. The number of halogens is 1. The number of amides is 1. The molecular formula is C18H16ClN3O4. The van der Waals surface area contributed by atoms with Crippen molar-refractivity contribution in [1.29, 1.82) is 0 Å². The SMILES string of the molecule is COc1ccccc1OC(C)C(=O)Nc1noc(-c2ccc(Cl)cc2)n1. The van der Waals surface area contributed by atoms with Crippen molar-refractivity contribution in [1.82, 2.24) is 10.1 Å². The first-order valence-electron chi connectivity index (χ1n) is 7.77. The van der Waals surface area contributed by atoms with Crippen LogP contribution in [0.4, 0.5) is 5.95 Å². The molecule has 0 aliphatic rings. The number of rotatable bonds is 6. The number of nitrogens with one attached hydrogen (secondary N) is 1. The predicted octanol–water partition coefficient (Wildman–Crippen LogP) is 3.80. The van der Waals surface area contributed by atoms with Gasteiger partial charge >= 0.3 is 0 Å². The van der Waals surface area contributed by atoms with E-state index in [9.17, 15) is 4.79 Å². The molecule has 0 saturated carbocycles. The van der Waals surface area contributed by atoms with Gasteiger partial charge in [0, 0.05) is 10.6 Å². The monoisotopic (exact) mass is 373 g/mol. The lowest BCUT2D eigenvalue weighted by atomic mass is 10.2. The predicted molar refractivity (Wildman–Crippen MR) is 96.5 cm³/mol. The zero-order chi connectivity index (χ0) is 18.5. The summed E-state index contributed by atoms with van der Waals surface area (Å²) in [6.07, 6.45) is -0.788. The van der Waals surface area contributed by atoms with E-state index in [0.29, 0.717) is 22.1 Å². The van der Waals surface area contributed by atoms with Gasteiger partial charge in [0.05, 0.1) is 7.11 Å². The maximum atomic E-state index is 12.3. The lowest BCUT2D eigenvalue weighted by Crippen LogP contribution is -2.30. The second kappa shape index (κ2) is 7.88. The molecule has 3 aromatic rings. The third-order valence-corrected chi connectivity index (χ3v) is 3.75. The van der Waals surface area contributed by atoms with Gasteiger partial charge in [-0.3, -0.25) is 10.1 Å². The number of carbonyl (C=O) groups is 1. The van der Waals surface area contributed by atoms with Gasteiger partial charge in [0.25, 0.3) is 17.7 Å². The first kappa shape index (κ1) is 17.8. The Morgan fingerprint density at radius 3 is 2.54 bits per heavy atom. The smallest absolute Gasteiger partial charge is 0.270 e. The lowest BCUT2D eigenvalue weighted by molar-refractivity contribution is -0.122. The lowest BCUT2D eigenvalue weighted by Gasteiger charge is -2.15. The van der Waals surface area contributed by atoms with Crippen LogP contribution in [-0.4, -0.2) is 29.3 Å². The van der Waals surface area contributed by atoms with Crippen molar-refractivity contribution in [3.05, 3.63) is 53.6 Å². The molecule has 0 spiro atoms. The van der Waals surface area contributed by atoms with E-state index in [4.69, 9.17) is 25.6 Å². The van der Waals surface area contributed by atoms with Crippen molar-refractivity contribution in [2.24, 2.45) is 0 Å². The Morgan fingerprint density at radius 1 is 1.15 bits per heavy atom. The molecular weight excluding hydrogens is 358 g/mol. The molecule has 7 nitrogen and oxygen atoms in total. The Morgan fingerprint density at radius 2 is 1.85 bits per heavy atom. The van der Waals surface area contributed by atoms with Gasteiger partial charge < -0.3 is 14.0 Å². The molecule has 0 fully saturated rings. The molecule has 134 valence electrons. The van der Waals surface area contributed by atoms with Gasteiger partial charge in [0.2, 0.25) is 0 Å². The summed E-state index contributed by atoms with van der Waals surface area (Å²) in [6, 6.07) is 14.0. The zero-order valence-electron chi connectivity index (χ0n) is 14.1. The topological polar surface area (TPSA) is 86.5 Å². The third kappa shape index (κ3) is 4.12. The Hall–Kier alpha value is -3.06. The van der Waals surface area contributed by atoms with Crippen molar-refractivity contribution in [3.8, 4) is 23.0 Å². The normalized spacial score (nSPS) is 11.7. The van der Waals surface area contributed by atoms with E-state index in [2.05, 4.69) is 15.5 Å². The molecule has 8 heteroatoms. The minimum atomic E-state index is -0.788. The molecule has 0 radical (unpaired) electrons. The van der Waals surface area contributed by atoms with Crippen molar-refractivity contribution in [2.75, 3.05) is 12.4 Å². The average Bonchev–Trinajstić information content (AvgIpc) is 3.11. The van der Waals surface area contributed by atoms with Crippen LogP contribution in [0, 0.1) is 0 Å². The van der Waals surface area contributed by atoms with Gasteiger partial charge in [-0.05, 0) is 48.5 Å². The van der Waals surface area contributed by atoms with Crippen molar-refractivity contribution in [2.45, 2.75) is 13.0 Å². The number of aromatic nitrogens is 2. The fourth-order valence-electron chi connectivity index (χ4n) is 2.16. The van der Waals surface area contributed by atoms with Crippen molar-refractivity contribution >= 4 is 23.5 Å². The minimum Gasteiger partial charge on any atom is -0.493 e. The summed E-state index contributed by atoms with van der Waals surface area (Å²) in [5.41, 5.74) is 0.695. The van der Waals surface area contributed by atoms with Crippen LogP contribution < -0.4 is 14.8 Å². The summed E-state index contributed by atoms with van der Waals surface area (Å²) < 4.78 is 16.0. The molecule has 0 aliphatic carbocycles. The summed E-state index contributed by atoms with van der Waals surface area (Å²) in [6.45, 7) is 1.61. The van der Waals surface area contributed by atoms with Crippen molar-refractivity contribution < 1.29 is 18.8 Å². The Kier molecular flexibility index (Phi) is 5.38. The molecule has 2 aromatic carbocycles. The molecule has 1 atom stereocenters. The third-order valence-electron chi connectivity index (χ3n) is 3.49. The van der Waals surface area contributed by atoms with E-state index >= 15 is 0 Å². The van der Waals surface area contributed by atoms with Crippen LogP contribution in [0.25, 0.3) is 11.5 Å². The molecule has 0 saturated heterocycles. The molecule has 0 aliphatic heterocycles. The standard InChI is InChI=1S/C18H16ClN3O4/c1-11(25-15-6-4-3-5-14(15)24-2)16(23)20-18-21-17(26-22-18)12-7-9-13(19)10-8-12/h3-11H,1-2H3,(H,20,22,23). The van der Waals surface area contributed by atoms with Gasteiger partial charge in [-0.25, -0.2) is 0 Å². The maximum Gasteiger partial charge on any atom is 0.270 e. The van der Waals surface area contributed by atoms with Crippen LogP contribution in [0.5, 0.6) is 11.5 Å². The largest absolute Gasteiger partial charge is 0.493 e. The molecule has 3 rings (SSSR count). The molecule has 1 N–H and O–H groups in total. The van der Waals surface area contributed by atoms with E-state index in [1.807, 2.05) is 6.07 Å². The number of hydrogen-bond donors (Lipinski definition) is 1. The number of benzene rings is 2. The number of carbonyl (C=O) groups excluding carboxylic acids is 1. The number of ether oxygens (including phenoxy) is 2. The molecule has 26 heavy (non-hydrogen) atoms. The number of anilines is 1. The fourth-order valence-corrected chi connectivity index (χ4v) is 2.28. The van der Waals surface area contributed by atoms with Gasteiger partial charge in [0.1, 0.15) is 0 Å². The van der Waals surface area contributed by atoms with Gasteiger partial charge in [-0.15, -0.1) is 0 Å². The molecule has 1 unspecified atom stereocenters. The second-order valence-corrected chi connectivity index (χ2v) is 5.77. The summed E-state index contributed by atoms with van der Waals surface area (Å²) >= 11 is 5.85. The summed E-state index contributed by atoms with van der Waals surface area (Å²) in [5, 5.41) is 6.90. The van der Waals surface area contributed by atoms with Crippen LogP contribution in [0.15, 0.2) is 53.1 Å². The highest BCUT2D eigenvalue weighted by atomic mass is 35.5. The zero-order valence-corrected chi connectivity index (χ0v) is 14.9. The molecule has 1 aromatic heterocycles. The maximum absolute atomic E-state index is 12.3. The minimum absolute atomic E-state index is 0.0513. The molecule has 1 heterocycles. The Balaban J connectivity index is 1.65. The van der Waals surface area contributed by atoms with Gasteiger partial charge in [0.15, 0.2) is 17.6 Å². The summed E-state index contributed by atoms with van der Waals surface area (Å²) in [5.74, 6) is 0.911. The average molecular weight is 374 g/mol. The van der Waals surface area contributed by atoms with E-state index < -0.39 is 12.0 Å². The van der Waals surface area contributed by atoms with E-state index in [1.165, 1.54) is 7.11 Å². The highest BCUT2D eigenvalue weighted by molar-refractivity contribution is 6.30. The van der Waals surface area contributed by atoms with Crippen LogP contribution in [0.2, 0.25) is 5.02 Å². The van der Waals surface area contributed by atoms with Crippen molar-refractivity contribution in [3.63, 3.8) is 0 Å². The van der Waals surface area contributed by atoms with Crippen LogP contribution in [-0.2, 0) is 4.79 Å². The highest BCUT2D eigenvalue weighted by Crippen LogP contribution is 2.27. The number of nitrogens with zero attached hydrogens (tertiary/aromatic N) is 2. The second-order valence-electron chi connectivity index (χ2n) is 5.33. The number of hydrogen-bond acceptors (Lipinski definition) is 6. The molecule has 0 bridgehead atoms. The Bertz CT molecular complexity index is 895. The van der Waals surface area contributed by atoms with E-state index in [-0.39, 0.29) is 11.8 Å². The van der Waals surface area contributed by atoms with Crippen LogP contribution in [0.1, 0.15) is 6.92 Å².